The maximum Gasteiger partial charge on any atom is 0.160 e. The summed E-state index contributed by atoms with van der Waals surface area (Å²) in [6.45, 7) is 4.67. The Morgan fingerprint density at radius 1 is 1.29 bits per heavy atom. The first-order valence-electron chi connectivity index (χ1n) is 9.23. The monoisotopic (exact) mass is 403 g/mol. The molecule has 3 rings (SSSR count). The molecular weight excluding hydrogens is 378 g/mol. The van der Waals surface area contributed by atoms with E-state index in [1.54, 1.807) is 24.8 Å². The quantitative estimate of drug-likeness (QED) is 0.586. The highest BCUT2D eigenvalue weighted by atomic mass is 35.5. The van der Waals surface area contributed by atoms with Gasteiger partial charge in [0.05, 0.1) is 30.5 Å². The number of ether oxygens (including phenoxy) is 2. The van der Waals surface area contributed by atoms with E-state index in [1.165, 1.54) is 0 Å². The van der Waals surface area contributed by atoms with Gasteiger partial charge >= 0.3 is 0 Å². The summed E-state index contributed by atoms with van der Waals surface area (Å²) in [7, 11) is 3.31. The number of anilines is 2. The molecule has 0 saturated carbocycles. The van der Waals surface area contributed by atoms with Crippen molar-refractivity contribution in [3.8, 4) is 17.0 Å². The van der Waals surface area contributed by atoms with E-state index in [2.05, 4.69) is 17.2 Å². The Bertz CT molecular complexity index is 967. The van der Waals surface area contributed by atoms with Gasteiger partial charge in [0.15, 0.2) is 5.65 Å². The van der Waals surface area contributed by atoms with Crippen LogP contribution in [-0.4, -0.2) is 41.5 Å². The van der Waals surface area contributed by atoms with E-state index in [1.807, 2.05) is 25.1 Å². The summed E-state index contributed by atoms with van der Waals surface area (Å²) in [4.78, 5) is 4.48. The molecule has 1 unspecified atom stereocenters. The predicted octanol–water partition coefficient (Wildman–Crippen LogP) is 4.18. The van der Waals surface area contributed by atoms with Gasteiger partial charge < -0.3 is 20.5 Å². The Kier molecular flexibility index (Phi) is 6.26. The molecule has 0 saturated heterocycles. The van der Waals surface area contributed by atoms with Crippen LogP contribution in [0.4, 0.5) is 11.6 Å². The standard InChI is InChI=1S/C20H26ClN5O2/c1-5-6-13(11-27-3)23-20-12(2)19(22)24-18-10-17(25-26(18)20)15-8-7-14(28-4)9-16(15)21/h7-10,13,23H,5-6,11H2,1-4H3,(H2,22,24). The Morgan fingerprint density at radius 3 is 2.71 bits per heavy atom. The zero-order valence-electron chi connectivity index (χ0n) is 16.6. The van der Waals surface area contributed by atoms with Crippen molar-refractivity contribution in [2.24, 2.45) is 0 Å². The fourth-order valence-electron chi connectivity index (χ4n) is 3.17. The van der Waals surface area contributed by atoms with Crippen molar-refractivity contribution in [2.45, 2.75) is 32.7 Å². The second kappa shape index (κ2) is 8.67. The van der Waals surface area contributed by atoms with Crippen LogP contribution in [-0.2, 0) is 4.74 Å². The number of rotatable bonds is 8. The first-order chi connectivity index (χ1) is 13.5. The highest BCUT2D eigenvalue weighted by Crippen LogP contribution is 2.32. The van der Waals surface area contributed by atoms with Crippen molar-refractivity contribution in [3.63, 3.8) is 0 Å². The molecule has 8 heteroatoms. The van der Waals surface area contributed by atoms with E-state index in [4.69, 9.17) is 31.9 Å². The van der Waals surface area contributed by atoms with Crippen molar-refractivity contribution in [1.82, 2.24) is 14.6 Å². The van der Waals surface area contributed by atoms with Gasteiger partial charge in [0.1, 0.15) is 17.4 Å². The lowest BCUT2D eigenvalue weighted by Crippen LogP contribution is -2.27. The summed E-state index contributed by atoms with van der Waals surface area (Å²) in [5, 5.41) is 8.84. The topological polar surface area (TPSA) is 86.7 Å². The Balaban J connectivity index is 2.08. The van der Waals surface area contributed by atoms with Crippen LogP contribution in [0.15, 0.2) is 24.3 Å². The lowest BCUT2D eigenvalue weighted by molar-refractivity contribution is 0.182. The van der Waals surface area contributed by atoms with Gasteiger partial charge in [0.2, 0.25) is 0 Å². The summed E-state index contributed by atoms with van der Waals surface area (Å²) in [6, 6.07) is 7.53. The number of aromatic nitrogens is 3. The summed E-state index contributed by atoms with van der Waals surface area (Å²) < 4.78 is 12.4. The van der Waals surface area contributed by atoms with Crippen molar-refractivity contribution in [3.05, 3.63) is 34.9 Å². The Labute approximate surface area is 169 Å². The zero-order chi connectivity index (χ0) is 20.3. The van der Waals surface area contributed by atoms with E-state index in [0.29, 0.717) is 34.5 Å². The van der Waals surface area contributed by atoms with Crippen LogP contribution in [0.25, 0.3) is 16.9 Å². The molecule has 1 atom stereocenters. The van der Waals surface area contributed by atoms with E-state index in [0.717, 1.165) is 29.8 Å². The number of fused-ring (bicyclic) bond motifs is 1. The second-order valence-electron chi connectivity index (χ2n) is 6.70. The molecule has 150 valence electrons. The van der Waals surface area contributed by atoms with Crippen LogP contribution in [0.2, 0.25) is 5.02 Å². The second-order valence-corrected chi connectivity index (χ2v) is 7.11. The summed E-state index contributed by atoms with van der Waals surface area (Å²) in [5.74, 6) is 1.98. The van der Waals surface area contributed by atoms with Gasteiger partial charge in [0.25, 0.3) is 0 Å². The smallest absolute Gasteiger partial charge is 0.160 e. The van der Waals surface area contributed by atoms with Crippen LogP contribution in [0.1, 0.15) is 25.3 Å². The maximum atomic E-state index is 6.43. The first kappa shape index (κ1) is 20.2. The number of methoxy groups -OCH3 is 2. The van der Waals surface area contributed by atoms with Crippen molar-refractivity contribution < 1.29 is 9.47 Å². The fourth-order valence-corrected chi connectivity index (χ4v) is 3.44. The third-order valence-corrected chi connectivity index (χ3v) is 4.99. The normalized spacial score (nSPS) is 12.3. The average Bonchev–Trinajstić information content (AvgIpc) is 3.08. The summed E-state index contributed by atoms with van der Waals surface area (Å²) in [5.41, 5.74) is 9.18. The van der Waals surface area contributed by atoms with Gasteiger partial charge in [-0.2, -0.15) is 9.61 Å². The number of nitrogens with two attached hydrogens (primary N) is 1. The molecule has 2 aromatic heterocycles. The minimum absolute atomic E-state index is 0.149. The van der Waals surface area contributed by atoms with E-state index in [-0.39, 0.29) is 6.04 Å². The lowest BCUT2D eigenvalue weighted by atomic mass is 10.1. The van der Waals surface area contributed by atoms with Gasteiger partial charge in [-0.3, -0.25) is 0 Å². The van der Waals surface area contributed by atoms with Crippen molar-refractivity contribution in [1.29, 1.82) is 0 Å². The molecule has 7 nitrogen and oxygen atoms in total. The third kappa shape index (κ3) is 4.00. The molecule has 0 radical (unpaired) electrons. The number of nitrogen functional groups attached to an aromatic ring is 1. The van der Waals surface area contributed by atoms with E-state index in [9.17, 15) is 0 Å². The van der Waals surface area contributed by atoms with E-state index < -0.39 is 0 Å². The van der Waals surface area contributed by atoms with Gasteiger partial charge in [0, 0.05) is 24.3 Å². The van der Waals surface area contributed by atoms with Gasteiger partial charge in [-0.1, -0.05) is 24.9 Å². The van der Waals surface area contributed by atoms with Crippen LogP contribution >= 0.6 is 11.6 Å². The van der Waals surface area contributed by atoms with E-state index >= 15 is 0 Å². The van der Waals surface area contributed by atoms with Gasteiger partial charge in [-0.25, -0.2) is 4.98 Å². The SMILES string of the molecule is CCCC(COC)Nc1c(C)c(N)nc2cc(-c3ccc(OC)cc3Cl)nn12. The predicted molar refractivity (Wildman–Crippen MR) is 113 cm³/mol. The van der Waals surface area contributed by atoms with Crippen LogP contribution in [0, 0.1) is 6.92 Å². The van der Waals surface area contributed by atoms with Gasteiger partial charge in [-0.05, 0) is 31.5 Å². The number of halogens is 1. The number of nitrogens with one attached hydrogen (secondary N) is 1. The lowest BCUT2D eigenvalue weighted by Gasteiger charge is -2.21. The van der Waals surface area contributed by atoms with Crippen molar-refractivity contribution in [2.75, 3.05) is 31.9 Å². The zero-order valence-corrected chi connectivity index (χ0v) is 17.4. The number of nitrogens with zero attached hydrogens (tertiary/aromatic N) is 3. The van der Waals surface area contributed by atoms with Crippen LogP contribution < -0.4 is 15.8 Å². The molecule has 3 N–H and O–H groups in total. The molecule has 0 fully saturated rings. The molecule has 0 aliphatic carbocycles. The molecule has 28 heavy (non-hydrogen) atoms. The highest BCUT2D eigenvalue weighted by Gasteiger charge is 2.18. The number of benzene rings is 1. The molecule has 0 aliphatic rings. The van der Waals surface area contributed by atoms with Gasteiger partial charge in [-0.15, -0.1) is 0 Å². The molecule has 0 spiro atoms. The first-order valence-corrected chi connectivity index (χ1v) is 9.61. The minimum atomic E-state index is 0.149. The molecule has 0 aliphatic heterocycles. The average molecular weight is 404 g/mol. The molecule has 0 amide bonds. The van der Waals surface area contributed by atoms with Crippen LogP contribution in [0.5, 0.6) is 5.75 Å². The Morgan fingerprint density at radius 2 is 2.07 bits per heavy atom. The number of hydrogen-bond donors (Lipinski definition) is 2. The largest absolute Gasteiger partial charge is 0.497 e. The van der Waals surface area contributed by atoms with Crippen LogP contribution in [0.3, 0.4) is 0 Å². The fraction of sp³-hybridized carbons (Fsp3) is 0.400. The maximum absolute atomic E-state index is 6.43. The minimum Gasteiger partial charge on any atom is -0.497 e. The summed E-state index contributed by atoms with van der Waals surface area (Å²) >= 11 is 6.43. The summed E-state index contributed by atoms with van der Waals surface area (Å²) in [6.07, 6.45) is 2.00. The number of hydrogen-bond acceptors (Lipinski definition) is 6. The molecule has 1 aromatic carbocycles. The molecule has 2 heterocycles. The van der Waals surface area contributed by atoms with Crippen molar-refractivity contribution >= 4 is 28.9 Å². The molecule has 0 bridgehead atoms. The third-order valence-electron chi connectivity index (χ3n) is 4.67. The highest BCUT2D eigenvalue weighted by molar-refractivity contribution is 6.33. The Hall–Kier alpha value is -2.51. The molecule has 3 aromatic rings. The molecular formula is C20H26ClN5O2.